The van der Waals surface area contributed by atoms with Crippen LogP contribution in [0.2, 0.25) is 0 Å². The van der Waals surface area contributed by atoms with Gasteiger partial charge in [-0.1, -0.05) is 0 Å². The lowest BCUT2D eigenvalue weighted by atomic mass is 10.1. The second-order valence-electron chi connectivity index (χ2n) is 5.07. The minimum absolute atomic E-state index is 0.217. The first-order valence-corrected chi connectivity index (χ1v) is 7.08. The molecule has 124 valence electrons. The van der Waals surface area contributed by atoms with Crippen LogP contribution >= 0.6 is 0 Å². The van der Waals surface area contributed by atoms with E-state index in [0.29, 0.717) is 22.6 Å². The molecule has 0 bridgehead atoms. The lowest BCUT2D eigenvalue weighted by Gasteiger charge is -2.15. The van der Waals surface area contributed by atoms with Crippen LogP contribution in [0.25, 0.3) is 0 Å². The molecule has 0 aliphatic rings. The van der Waals surface area contributed by atoms with Crippen LogP contribution in [0.15, 0.2) is 36.4 Å². The minimum Gasteiger partial charge on any atom is -0.497 e. The number of benzene rings is 2. The topological polar surface area (TPSA) is 50.7 Å². The summed E-state index contributed by atoms with van der Waals surface area (Å²) in [5.41, 5.74) is 1.09. The fraction of sp³-hybridized carbons (Fsp3) is 0.294. The highest BCUT2D eigenvalue weighted by molar-refractivity contribution is 5.39. The van der Waals surface area contributed by atoms with E-state index < -0.39 is 17.7 Å². The van der Waals surface area contributed by atoms with Gasteiger partial charge in [-0.3, -0.25) is 0 Å². The zero-order chi connectivity index (χ0) is 16.8. The van der Waals surface area contributed by atoms with E-state index in [0.717, 1.165) is 6.07 Å². The van der Waals surface area contributed by atoms with Crippen molar-refractivity contribution >= 4 is 0 Å². The predicted octanol–water partition coefficient (Wildman–Crippen LogP) is 2.81. The number of aliphatic hydroxyl groups is 1. The Balaban J connectivity index is 1.97. The molecule has 0 fully saturated rings. The Labute approximate surface area is 133 Å². The van der Waals surface area contributed by atoms with Gasteiger partial charge < -0.3 is 19.9 Å². The van der Waals surface area contributed by atoms with Crippen molar-refractivity contribution in [2.45, 2.75) is 12.6 Å². The smallest absolute Gasteiger partial charge is 0.126 e. The third-order valence-electron chi connectivity index (χ3n) is 3.35. The van der Waals surface area contributed by atoms with E-state index in [4.69, 9.17) is 9.47 Å². The Kier molecular flexibility index (Phi) is 5.90. The Morgan fingerprint density at radius 1 is 0.957 bits per heavy atom. The van der Waals surface area contributed by atoms with E-state index in [2.05, 4.69) is 5.32 Å². The average molecular weight is 323 g/mol. The van der Waals surface area contributed by atoms with Gasteiger partial charge in [0.05, 0.1) is 20.3 Å². The quantitative estimate of drug-likeness (QED) is 0.823. The number of hydrogen-bond donors (Lipinski definition) is 2. The molecule has 1 unspecified atom stereocenters. The van der Waals surface area contributed by atoms with Gasteiger partial charge in [0.1, 0.15) is 23.1 Å². The van der Waals surface area contributed by atoms with Gasteiger partial charge in [0.15, 0.2) is 0 Å². The average Bonchev–Trinajstić information content (AvgIpc) is 2.53. The van der Waals surface area contributed by atoms with Crippen LogP contribution in [-0.2, 0) is 6.54 Å². The highest BCUT2D eigenvalue weighted by Gasteiger charge is 2.11. The third kappa shape index (κ3) is 4.91. The summed E-state index contributed by atoms with van der Waals surface area (Å²) >= 11 is 0. The van der Waals surface area contributed by atoms with Crippen LogP contribution in [0.4, 0.5) is 8.78 Å². The van der Waals surface area contributed by atoms with Crippen molar-refractivity contribution in [3.8, 4) is 11.5 Å². The van der Waals surface area contributed by atoms with E-state index in [1.54, 1.807) is 18.2 Å². The van der Waals surface area contributed by atoms with Gasteiger partial charge in [0.2, 0.25) is 0 Å². The SMILES string of the molecule is COc1cc(OC)cc(C(O)CNCc2cc(F)cc(F)c2)c1. The number of aliphatic hydroxyl groups excluding tert-OH is 1. The van der Waals surface area contributed by atoms with Gasteiger partial charge in [-0.25, -0.2) is 8.78 Å². The minimum atomic E-state index is -0.808. The van der Waals surface area contributed by atoms with Gasteiger partial charge in [-0.05, 0) is 35.4 Å². The molecule has 0 radical (unpaired) electrons. The first-order chi connectivity index (χ1) is 11.0. The maximum absolute atomic E-state index is 13.1. The molecule has 23 heavy (non-hydrogen) atoms. The van der Waals surface area contributed by atoms with Crippen LogP contribution in [-0.4, -0.2) is 25.9 Å². The largest absolute Gasteiger partial charge is 0.497 e. The maximum Gasteiger partial charge on any atom is 0.126 e. The molecule has 1 atom stereocenters. The fourth-order valence-electron chi connectivity index (χ4n) is 2.21. The predicted molar refractivity (Wildman–Crippen MR) is 82.6 cm³/mol. The van der Waals surface area contributed by atoms with Crippen LogP contribution in [0.5, 0.6) is 11.5 Å². The number of hydrogen-bond acceptors (Lipinski definition) is 4. The first kappa shape index (κ1) is 17.2. The summed E-state index contributed by atoms with van der Waals surface area (Å²) in [4.78, 5) is 0. The molecule has 4 nitrogen and oxygen atoms in total. The molecule has 2 N–H and O–H groups in total. The molecule has 2 aromatic carbocycles. The number of rotatable bonds is 7. The van der Waals surface area contributed by atoms with Gasteiger partial charge in [-0.2, -0.15) is 0 Å². The van der Waals surface area contributed by atoms with Crippen LogP contribution in [0.3, 0.4) is 0 Å². The first-order valence-electron chi connectivity index (χ1n) is 7.08. The molecule has 0 heterocycles. The van der Waals surface area contributed by atoms with Crippen molar-refractivity contribution in [2.75, 3.05) is 20.8 Å². The summed E-state index contributed by atoms with van der Waals surface area (Å²) in [6.45, 7) is 0.460. The third-order valence-corrected chi connectivity index (χ3v) is 3.35. The Morgan fingerprint density at radius 3 is 2.04 bits per heavy atom. The van der Waals surface area contributed by atoms with E-state index >= 15 is 0 Å². The summed E-state index contributed by atoms with van der Waals surface area (Å²) in [6.07, 6.45) is -0.808. The molecule has 2 aromatic rings. The fourth-order valence-corrected chi connectivity index (χ4v) is 2.21. The molecule has 0 aromatic heterocycles. The van der Waals surface area contributed by atoms with E-state index in [1.165, 1.54) is 26.4 Å². The molecule has 0 aliphatic carbocycles. The number of ether oxygens (including phenoxy) is 2. The summed E-state index contributed by atoms with van der Waals surface area (Å²) in [5.74, 6) is -0.101. The highest BCUT2D eigenvalue weighted by atomic mass is 19.1. The van der Waals surface area contributed by atoms with Crippen molar-refractivity contribution in [1.82, 2.24) is 5.32 Å². The Bertz CT molecular complexity index is 622. The van der Waals surface area contributed by atoms with Gasteiger partial charge in [-0.15, -0.1) is 0 Å². The standard InChI is InChI=1S/C17H19F2NO3/c1-22-15-5-12(6-16(8-15)23-2)17(21)10-20-9-11-3-13(18)7-14(19)4-11/h3-8,17,20-21H,9-10H2,1-2H3. The van der Waals surface area contributed by atoms with Crippen molar-refractivity contribution in [2.24, 2.45) is 0 Å². The summed E-state index contributed by atoms with van der Waals surface area (Å²) in [6, 6.07) is 8.43. The summed E-state index contributed by atoms with van der Waals surface area (Å²) in [7, 11) is 3.06. The van der Waals surface area contributed by atoms with Crippen LogP contribution < -0.4 is 14.8 Å². The molecule has 6 heteroatoms. The van der Waals surface area contributed by atoms with Crippen LogP contribution in [0, 0.1) is 11.6 Å². The molecular weight excluding hydrogens is 304 g/mol. The van der Waals surface area contributed by atoms with E-state index in [9.17, 15) is 13.9 Å². The molecule has 0 saturated heterocycles. The lowest BCUT2D eigenvalue weighted by Crippen LogP contribution is -2.21. The van der Waals surface area contributed by atoms with Crippen LogP contribution in [0.1, 0.15) is 17.2 Å². The zero-order valence-corrected chi connectivity index (χ0v) is 13.0. The van der Waals surface area contributed by atoms with E-state index in [1.807, 2.05) is 0 Å². The van der Waals surface area contributed by atoms with Gasteiger partial charge in [0.25, 0.3) is 0 Å². The zero-order valence-electron chi connectivity index (χ0n) is 13.0. The van der Waals surface area contributed by atoms with Crippen molar-refractivity contribution in [3.63, 3.8) is 0 Å². The molecule has 0 saturated carbocycles. The summed E-state index contributed by atoms with van der Waals surface area (Å²) < 4.78 is 36.5. The monoisotopic (exact) mass is 323 g/mol. The second-order valence-corrected chi connectivity index (χ2v) is 5.07. The Hall–Kier alpha value is -2.18. The molecular formula is C17H19F2NO3. The van der Waals surface area contributed by atoms with Crippen molar-refractivity contribution in [1.29, 1.82) is 0 Å². The molecule has 2 rings (SSSR count). The second kappa shape index (κ2) is 7.89. The number of halogens is 2. The van der Waals surface area contributed by atoms with Gasteiger partial charge >= 0.3 is 0 Å². The molecule has 0 aliphatic heterocycles. The normalized spacial score (nSPS) is 12.0. The molecule has 0 spiro atoms. The van der Waals surface area contributed by atoms with Gasteiger partial charge in [0, 0.05) is 25.2 Å². The van der Waals surface area contributed by atoms with Crippen molar-refractivity contribution < 1.29 is 23.4 Å². The number of methoxy groups -OCH3 is 2. The summed E-state index contributed by atoms with van der Waals surface area (Å²) in [5, 5.41) is 13.2. The maximum atomic E-state index is 13.1. The van der Waals surface area contributed by atoms with E-state index in [-0.39, 0.29) is 13.1 Å². The Morgan fingerprint density at radius 2 is 1.52 bits per heavy atom. The highest BCUT2D eigenvalue weighted by Crippen LogP contribution is 2.26. The number of nitrogens with one attached hydrogen (secondary N) is 1. The molecule has 0 amide bonds. The van der Waals surface area contributed by atoms with Crippen molar-refractivity contribution in [3.05, 3.63) is 59.2 Å². The lowest BCUT2D eigenvalue weighted by molar-refractivity contribution is 0.173.